The average molecular weight is 444 g/mol. The molecule has 4 aliphatic rings. The van der Waals surface area contributed by atoms with Gasteiger partial charge in [-0.1, -0.05) is 0 Å². The van der Waals surface area contributed by atoms with Gasteiger partial charge >= 0.3 is 11.9 Å². The van der Waals surface area contributed by atoms with Crippen LogP contribution in [-0.2, 0) is 33.3 Å². The molecular weight excluding hydrogens is 416 g/mol. The molecule has 2 aliphatic carbocycles. The molecular formula is C23H28N2O7. The Morgan fingerprint density at radius 1 is 1.06 bits per heavy atom. The van der Waals surface area contributed by atoms with E-state index in [0.717, 1.165) is 0 Å². The second-order valence-corrected chi connectivity index (χ2v) is 7.73. The van der Waals surface area contributed by atoms with Crippen molar-refractivity contribution in [3.8, 4) is 12.1 Å². The average Bonchev–Trinajstić information content (AvgIpc) is 2.79. The number of carbonyl (C=O) groups is 2. The van der Waals surface area contributed by atoms with E-state index in [0.29, 0.717) is 6.61 Å². The lowest BCUT2D eigenvalue weighted by Crippen LogP contribution is -2.72. The highest BCUT2D eigenvalue weighted by Crippen LogP contribution is 2.63. The van der Waals surface area contributed by atoms with Crippen molar-refractivity contribution in [3.63, 3.8) is 0 Å². The Labute approximate surface area is 187 Å². The molecule has 0 amide bonds. The molecule has 2 bridgehead atoms. The van der Waals surface area contributed by atoms with Gasteiger partial charge in [-0.3, -0.25) is 4.79 Å². The zero-order chi connectivity index (χ0) is 23.5. The summed E-state index contributed by atoms with van der Waals surface area (Å²) in [6, 6.07) is 4.21. The van der Waals surface area contributed by atoms with Crippen molar-refractivity contribution in [2.24, 2.45) is 17.3 Å². The fourth-order valence-corrected chi connectivity index (χ4v) is 5.18. The fourth-order valence-electron chi connectivity index (χ4n) is 5.18. The maximum Gasteiger partial charge on any atom is 0.334 e. The zero-order valence-electron chi connectivity index (χ0n) is 18.8. The quantitative estimate of drug-likeness (QED) is 0.517. The lowest BCUT2D eigenvalue weighted by Gasteiger charge is -2.60. The first-order chi connectivity index (χ1) is 15.4. The molecule has 1 saturated heterocycles. The van der Waals surface area contributed by atoms with Gasteiger partial charge in [0.05, 0.1) is 25.4 Å². The fraction of sp³-hybridized carbons (Fsp3) is 0.652. The van der Waals surface area contributed by atoms with Crippen LogP contribution in [0.25, 0.3) is 0 Å². The van der Waals surface area contributed by atoms with Crippen LogP contribution in [0, 0.1) is 39.9 Å². The van der Waals surface area contributed by atoms with E-state index in [1.54, 1.807) is 27.7 Å². The van der Waals surface area contributed by atoms with Crippen LogP contribution in [0.2, 0.25) is 0 Å². The van der Waals surface area contributed by atoms with Crippen molar-refractivity contribution in [2.75, 3.05) is 26.4 Å². The summed E-state index contributed by atoms with van der Waals surface area (Å²) >= 11 is 0. The third-order valence-corrected chi connectivity index (χ3v) is 6.21. The van der Waals surface area contributed by atoms with Gasteiger partial charge in [-0.2, -0.15) is 10.5 Å². The second kappa shape index (κ2) is 9.41. The first-order valence-electron chi connectivity index (χ1n) is 10.9. The SMILES string of the molecule is CCOC(=O)C1=C[C@@]2(C#N)O[C@@H](OCC)[C@H]1[C@H]1[C@@H](OCC)CC(C#N)=C[C@]12C(=O)OCC. The van der Waals surface area contributed by atoms with Gasteiger partial charge in [-0.05, 0) is 39.8 Å². The molecule has 32 heavy (non-hydrogen) atoms. The number of nitriles is 2. The van der Waals surface area contributed by atoms with Crippen molar-refractivity contribution in [3.05, 3.63) is 23.3 Å². The molecule has 0 aromatic heterocycles. The smallest absolute Gasteiger partial charge is 0.334 e. The number of carbonyl (C=O) groups excluding carboxylic acids is 2. The number of fused-ring (bicyclic) bond motifs is 1. The van der Waals surface area contributed by atoms with E-state index in [4.69, 9.17) is 23.7 Å². The van der Waals surface area contributed by atoms with Gasteiger partial charge in [0.2, 0.25) is 0 Å². The molecule has 0 aromatic rings. The van der Waals surface area contributed by atoms with E-state index in [2.05, 4.69) is 12.1 Å². The molecule has 1 fully saturated rings. The lowest BCUT2D eigenvalue weighted by atomic mass is 9.49. The number of hydrogen-bond donors (Lipinski definition) is 0. The molecule has 9 heteroatoms. The van der Waals surface area contributed by atoms with E-state index in [-0.39, 0.29) is 37.4 Å². The minimum absolute atomic E-state index is 0.0673. The zero-order valence-corrected chi connectivity index (χ0v) is 18.8. The van der Waals surface area contributed by atoms with Gasteiger partial charge in [-0.15, -0.1) is 0 Å². The standard InChI is InChI=1S/C23H28N2O7/c1-5-28-16-9-14(12-24)10-23(21(27)31-8-4)18(16)17-15(19(26)29-6-2)11-22(23,13-25)32-20(17)30-7-3/h10-11,16-18,20H,5-9H2,1-4H3/t16-,17+,18+,20+,22-,23+/m0/s1. The van der Waals surface area contributed by atoms with Gasteiger partial charge in [0.15, 0.2) is 11.9 Å². The van der Waals surface area contributed by atoms with Crippen LogP contribution in [0.15, 0.2) is 23.3 Å². The van der Waals surface area contributed by atoms with Crippen LogP contribution in [0.4, 0.5) is 0 Å². The summed E-state index contributed by atoms with van der Waals surface area (Å²) in [5.74, 6) is -2.81. The number of ether oxygens (including phenoxy) is 5. The third-order valence-electron chi connectivity index (χ3n) is 6.21. The summed E-state index contributed by atoms with van der Waals surface area (Å²) in [6.45, 7) is 7.69. The molecule has 9 nitrogen and oxygen atoms in total. The van der Waals surface area contributed by atoms with E-state index >= 15 is 0 Å². The summed E-state index contributed by atoms with van der Waals surface area (Å²) < 4.78 is 28.6. The molecule has 172 valence electrons. The van der Waals surface area contributed by atoms with Crippen LogP contribution in [0.1, 0.15) is 34.1 Å². The first-order valence-corrected chi connectivity index (χ1v) is 10.9. The predicted molar refractivity (Wildman–Crippen MR) is 109 cm³/mol. The van der Waals surface area contributed by atoms with Gasteiger partial charge in [0.1, 0.15) is 11.5 Å². The summed E-state index contributed by atoms with van der Waals surface area (Å²) in [7, 11) is 0. The molecule has 4 rings (SSSR count). The summed E-state index contributed by atoms with van der Waals surface area (Å²) in [5, 5.41) is 20.1. The number of esters is 2. The minimum Gasteiger partial charge on any atom is -0.465 e. The molecule has 6 atom stereocenters. The van der Waals surface area contributed by atoms with Crippen LogP contribution >= 0.6 is 0 Å². The van der Waals surface area contributed by atoms with Crippen molar-refractivity contribution >= 4 is 11.9 Å². The second-order valence-electron chi connectivity index (χ2n) is 7.73. The summed E-state index contributed by atoms with van der Waals surface area (Å²) in [6.07, 6.45) is 1.42. The van der Waals surface area contributed by atoms with E-state index < -0.39 is 47.2 Å². The number of rotatable bonds is 8. The summed E-state index contributed by atoms with van der Waals surface area (Å²) in [5.41, 5.74) is -3.13. The van der Waals surface area contributed by atoms with Crippen LogP contribution in [-0.4, -0.2) is 56.4 Å². The lowest BCUT2D eigenvalue weighted by molar-refractivity contribution is -0.298. The van der Waals surface area contributed by atoms with Crippen LogP contribution in [0.3, 0.4) is 0 Å². The molecule has 0 unspecified atom stereocenters. The van der Waals surface area contributed by atoms with Gasteiger partial charge in [-0.25, -0.2) is 4.79 Å². The summed E-state index contributed by atoms with van der Waals surface area (Å²) in [4.78, 5) is 26.5. The molecule has 0 spiro atoms. The highest BCUT2D eigenvalue weighted by atomic mass is 16.7. The van der Waals surface area contributed by atoms with Crippen molar-refractivity contribution < 1.29 is 33.3 Å². The highest BCUT2D eigenvalue weighted by molar-refractivity contribution is 5.93. The van der Waals surface area contributed by atoms with Gasteiger partial charge < -0.3 is 23.7 Å². The van der Waals surface area contributed by atoms with Crippen LogP contribution in [0.5, 0.6) is 0 Å². The van der Waals surface area contributed by atoms with Crippen LogP contribution < -0.4 is 0 Å². The molecule has 0 aromatic carbocycles. The van der Waals surface area contributed by atoms with Gasteiger partial charge in [0, 0.05) is 42.6 Å². The molecule has 0 radical (unpaired) electrons. The number of nitrogens with zero attached hydrogens (tertiary/aromatic N) is 2. The predicted octanol–water partition coefficient (Wildman–Crippen LogP) is 2.19. The van der Waals surface area contributed by atoms with Crippen molar-refractivity contribution in [1.82, 2.24) is 0 Å². The Hall–Kier alpha value is -2.72. The van der Waals surface area contributed by atoms with Crippen molar-refractivity contribution in [1.29, 1.82) is 10.5 Å². The normalized spacial score (nSPS) is 34.9. The maximum absolute atomic E-state index is 13.5. The van der Waals surface area contributed by atoms with E-state index in [9.17, 15) is 20.1 Å². The highest BCUT2D eigenvalue weighted by Gasteiger charge is 2.75. The Bertz CT molecular complexity index is 914. The Morgan fingerprint density at radius 2 is 1.75 bits per heavy atom. The Kier molecular flexibility index (Phi) is 7.04. The maximum atomic E-state index is 13.5. The monoisotopic (exact) mass is 444 g/mol. The Morgan fingerprint density at radius 3 is 2.31 bits per heavy atom. The first kappa shape index (κ1) is 23.9. The van der Waals surface area contributed by atoms with Crippen molar-refractivity contribution in [2.45, 2.75) is 52.1 Å². The Balaban J connectivity index is 2.36. The largest absolute Gasteiger partial charge is 0.465 e. The van der Waals surface area contributed by atoms with Gasteiger partial charge in [0.25, 0.3) is 0 Å². The number of hydrogen-bond acceptors (Lipinski definition) is 9. The van der Waals surface area contributed by atoms with E-state index in [1.165, 1.54) is 12.2 Å². The van der Waals surface area contributed by atoms with E-state index in [1.807, 2.05) is 0 Å². The topological polar surface area (TPSA) is 128 Å². The molecule has 2 aliphatic heterocycles. The third kappa shape index (κ3) is 3.41. The molecule has 2 heterocycles. The molecule has 0 N–H and O–H groups in total. The minimum atomic E-state index is -1.95. The molecule has 0 saturated carbocycles.